The molecule has 1 aliphatic rings. The zero-order chi connectivity index (χ0) is 14.0. The summed E-state index contributed by atoms with van der Waals surface area (Å²) in [5.41, 5.74) is 6.41. The molecule has 0 aliphatic carbocycles. The second kappa shape index (κ2) is 5.65. The van der Waals surface area contributed by atoms with Crippen molar-refractivity contribution in [2.24, 2.45) is 5.92 Å². The third-order valence-corrected chi connectivity index (χ3v) is 3.46. The van der Waals surface area contributed by atoms with Gasteiger partial charge in [0, 0.05) is 13.1 Å². The Morgan fingerprint density at radius 3 is 2.84 bits per heavy atom. The van der Waals surface area contributed by atoms with E-state index in [1.54, 1.807) is 0 Å². The lowest BCUT2D eigenvalue weighted by Crippen LogP contribution is -2.43. The fraction of sp³-hybridized carbons (Fsp3) is 0.643. The topological polar surface area (TPSA) is 71.6 Å². The molecule has 2 unspecified atom stereocenters. The summed E-state index contributed by atoms with van der Waals surface area (Å²) in [7, 11) is 0. The maximum absolute atomic E-state index is 9.95. The lowest BCUT2D eigenvalue weighted by atomic mass is 9.96. The van der Waals surface area contributed by atoms with Crippen molar-refractivity contribution in [2.75, 3.05) is 23.7 Å². The highest BCUT2D eigenvalue weighted by atomic mass is 16.5. The van der Waals surface area contributed by atoms with Crippen LogP contribution >= 0.6 is 0 Å². The molecule has 0 bridgehead atoms. The predicted molar refractivity (Wildman–Crippen MR) is 76.4 cm³/mol. The zero-order valence-electron chi connectivity index (χ0n) is 11.8. The van der Waals surface area contributed by atoms with Crippen molar-refractivity contribution < 1.29 is 9.84 Å². The van der Waals surface area contributed by atoms with Crippen LogP contribution in [0.15, 0.2) is 12.1 Å². The van der Waals surface area contributed by atoms with E-state index in [4.69, 9.17) is 10.5 Å². The second-order valence-electron chi connectivity index (χ2n) is 5.51. The average Bonchev–Trinajstić information content (AvgIpc) is 2.35. The molecule has 106 valence electrons. The minimum atomic E-state index is -0.303. The third-order valence-electron chi connectivity index (χ3n) is 3.46. The van der Waals surface area contributed by atoms with Gasteiger partial charge in [-0.25, -0.2) is 0 Å². The minimum Gasteiger partial charge on any atom is -0.473 e. The molecule has 1 saturated heterocycles. The molecule has 0 saturated carbocycles. The summed E-state index contributed by atoms with van der Waals surface area (Å²) < 4.78 is 5.60. The number of nitrogen functional groups attached to an aromatic ring is 1. The average molecular weight is 265 g/mol. The Hall–Kier alpha value is -1.49. The Morgan fingerprint density at radius 2 is 2.21 bits per heavy atom. The van der Waals surface area contributed by atoms with Gasteiger partial charge in [-0.05, 0) is 38.3 Å². The monoisotopic (exact) mass is 265 g/mol. The van der Waals surface area contributed by atoms with Crippen LogP contribution in [0, 0.1) is 5.92 Å². The quantitative estimate of drug-likeness (QED) is 0.869. The van der Waals surface area contributed by atoms with E-state index in [1.165, 1.54) is 0 Å². The minimum absolute atomic E-state index is 0.0389. The van der Waals surface area contributed by atoms with Gasteiger partial charge in [0.2, 0.25) is 5.88 Å². The van der Waals surface area contributed by atoms with Crippen LogP contribution in [0.4, 0.5) is 11.5 Å². The van der Waals surface area contributed by atoms with E-state index < -0.39 is 0 Å². The molecule has 1 aromatic rings. The van der Waals surface area contributed by atoms with Crippen molar-refractivity contribution in [2.45, 2.75) is 39.4 Å². The second-order valence-corrected chi connectivity index (χ2v) is 5.51. The van der Waals surface area contributed by atoms with Crippen LogP contribution in [0.25, 0.3) is 0 Å². The number of aliphatic hydroxyl groups is 1. The van der Waals surface area contributed by atoms with Crippen LogP contribution in [0.5, 0.6) is 5.88 Å². The first-order chi connectivity index (χ1) is 8.97. The van der Waals surface area contributed by atoms with E-state index in [0.29, 0.717) is 24.0 Å². The molecule has 0 amide bonds. The standard InChI is InChI=1S/C14H23N3O2/c1-9(2)19-14-11(15)4-5-13(16-14)17-7-6-10(3)12(18)8-17/h4-5,9-10,12,18H,6-8,15H2,1-3H3. The molecule has 1 fully saturated rings. The van der Waals surface area contributed by atoms with Gasteiger partial charge < -0.3 is 20.5 Å². The van der Waals surface area contributed by atoms with Crippen LogP contribution in [0.1, 0.15) is 27.2 Å². The first-order valence-electron chi connectivity index (χ1n) is 6.83. The highest BCUT2D eigenvalue weighted by molar-refractivity contribution is 5.54. The van der Waals surface area contributed by atoms with Crippen molar-refractivity contribution >= 4 is 11.5 Å². The number of nitrogens with zero attached hydrogens (tertiary/aromatic N) is 2. The molecule has 2 rings (SSSR count). The summed E-state index contributed by atoms with van der Waals surface area (Å²) in [6, 6.07) is 3.69. The maximum Gasteiger partial charge on any atom is 0.239 e. The van der Waals surface area contributed by atoms with Crippen LogP contribution in [-0.2, 0) is 0 Å². The molecular formula is C14H23N3O2. The molecule has 0 spiro atoms. The van der Waals surface area contributed by atoms with Crippen molar-refractivity contribution in [3.8, 4) is 5.88 Å². The summed E-state index contributed by atoms with van der Waals surface area (Å²) in [5.74, 6) is 1.63. The number of anilines is 2. The highest BCUT2D eigenvalue weighted by Crippen LogP contribution is 2.27. The number of aliphatic hydroxyl groups excluding tert-OH is 1. The van der Waals surface area contributed by atoms with Crippen LogP contribution in [0.2, 0.25) is 0 Å². The van der Waals surface area contributed by atoms with E-state index in [-0.39, 0.29) is 12.2 Å². The van der Waals surface area contributed by atoms with Gasteiger partial charge in [0.15, 0.2) is 0 Å². The van der Waals surface area contributed by atoms with Gasteiger partial charge in [-0.1, -0.05) is 6.92 Å². The fourth-order valence-electron chi connectivity index (χ4n) is 2.19. The molecule has 0 aromatic carbocycles. The number of β-amino-alcohol motifs (C(OH)–C–C–N with tert-alkyl or cyclic N) is 1. The number of hydrogen-bond acceptors (Lipinski definition) is 5. The zero-order valence-corrected chi connectivity index (χ0v) is 11.8. The largest absolute Gasteiger partial charge is 0.473 e. The number of hydrogen-bond donors (Lipinski definition) is 2. The van der Waals surface area contributed by atoms with Crippen LogP contribution in [-0.4, -0.2) is 35.4 Å². The molecule has 2 heterocycles. The number of rotatable bonds is 3. The van der Waals surface area contributed by atoms with E-state index >= 15 is 0 Å². The van der Waals surface area contributed by atoms with Crippen molar-refractivity contribution in [3.05, 3.63) is 12.1 Å². The number of pyridine rings is 1. The summed E-state index contributed by atoms with van der Waals surface area (Å²) in [4.78, 5) is 6.54. The Kier molecular flexibility index (Phi) is 4.14. The van der Waals surface area contributed by atoms with Crippen LogP contribution < -0.4 is 15.4 Å². The number of piperidine rings is 1. The third kappa shape index (κ3) is 3.29. The summed E-state index contributed by atoms with van der Waals surface area (Å²) in [6.07, 6.45) is 0.702. The fourth-order valence-corrected chi connectivity index (χ4v) is 2.19. The smallest absolute Gasteiger partial charge is 0.239 e. The number of ether oxygens (including phenoxy) is 1. The van der Waals surface area contributed by atoms with Crippen molar-refractivity contribution in [1.82, 2.24) is 4.98 Å². The van der Waals surface area contributed by atoms with Gasteiger partial charge in [-0.15, -0.1) is 0 Å². The Labute approximate surface area is 114 Å². The molecule has 1 aliphatic heterocycles. The predicted octanol–water partition coefficient (Wildman–Crippen LogP) is 1.66. The van der Waals surface area contributed by atoms with E-state index in [2.05, 4.69) is 16.8 Å². The molecule has 0 radical (unpaired) electrons. The molecule has 2 atom stereocenters. The molecule has 3 N–H and O–H groups in total. The van der Waals surface area contributed by atoms with E-state index in [9.17, 15) is 5.11 Å². The van der Waals surface area contributed by atoms with Gasteiger partial charge in [0.1, 0.15) is 5.82 Å². The summed E-state index contributed by atoms with van der Waals surface area (Å²) in [5, 5.41) is 9.95. The summed E-state index contributed by atoms with van der Waals surface area (Å²) in [6.45, 7) is 7.47. The number of nitrogens with two attached hydrogens (primary N) is 1. The molecule has 5 nitrogen and oxygen atoms in total. The SMILES string of the molecule is CC(C)Oc1nc(N2CCC(C)C(O)C2)ccc1N. The number of aromatic nitrogens is 1. The molecular weight excluding hydrogens is 242 g/mol. The van der Waals surface area contributed by atoms with Gasteiger partial charge in [-0.3, -0.25) is 0 Å². The van der Waals surface area contributed by atoms with Gasteiger partial charge in [-0.2, -0.15) is 4.98 Å². The first-order valence-corrected chi connectivity index (χ1v) is 6.83. The Bertz CT molecular complexity index is 437. The lowest BCUT2D eigenvalue weighted by Gasteiger charge is -2.35. The Balaban J connectivity index is 2.16. The first kappa shape index (κ1) is 13.9. The molecule has 5 heteroatoms. The highest BCUT2D eigenvalue weighted by Gasteiger charge is 2.25. The molecule has 1 aromatic heterocycles. The van der Waals surface area contributed by atoms with E-state index in [0.717, 1.165) is 18.8 Å². The Morgan fingerprint density at radius 1 is 1.47 bits per heavy atom. The maximum atomic E-state index is 9.95. The van der Waals surface area contributed by atoms with Crippen LogP contribution in [0.3, 0.4) is 0 Å². The molecule has 19 heavy (non-hydrogen) atoms. The van der Waals surface area contributed by atoms with Crippen molar-refractivity contribution in [1.29, 1.82) is 0 Å². The van der Waals surface area contributed by atoms with Crippen molar-refractivity contribution in [3.63, 3.8) is 0 Å². The normalized spacial score (nSPS) is 23.7. The van der Waals surface area contributed by atoms with Gasteiger partial charge in [0.05, 0.1) is 17.9 Å². The van der Waals surface area contributed by atoms with Gasteiger partial charge >= 0.3 is 0 Å². The van der Waals surface area contributed by atoms with E-state index in [1.807, 2.05) is 26.0 Å². The summed E-state index contributed by atoms with van der Waals surface area (Å²) >= 11 is 0. The lowest BCUT2D eigenvalue weighted by molar-refractivity contribution is 0.102. The van der Waals surface area contributed by atoms with Gasteiger partial charge in [0.25, 0.3) is 0 Å².